The second-order valence-corrected chi connectivity index (χ2v) is 8.74. The third-order valence-electron chi connectivity index (χ3n) is 6.09. The van der Waals surface area contributed by atoms with Crippen LogP contribution in [0, 0.1) is 0 Å². The average molecular weight is 378 g/mol. The SMILES string of the molecule is CN=C(NCC1(N2CCCCC2)CCN(C)CC1)N(C)Cc1ccsc1. The van der Waals surface area contributed by atoms with E-state index in [-0.39, 0.29) is 5.54 Å². The van der Waals surface area contributed by atoms with E-state index in [1.807, 2.05) is 7.05 Å². The summed E-state index contributed by atoms with van der Waals surface area (Å²) in [6.45, 7) is 6.82. The molecule has 0 amide bonds. The molecule has 0 bridgehead atoms. The summed E-state index contributed by atoms with van der Waals surface area (Å²) in [7, 11) is 6.28. The lowest BCUT2D eigenvalue weighted by molar-refractivity contribution is 0.0170. The minimum atomic E-state index is 0.284. The molecule has 0 aliphatic carbocycles. The Balaban J connectivity index is 1.64. The van der Waals surface area contributed by atoms with Gasteiger partial charge in [-0.15, -0.1) is 0 Å². The third kappa shape index (κ3) is 4.78. The third-order valence-corrected chi connectivity index (χ3v) is 6.83. The summed E-state index contributed by atoms with van der Waals surface area (Å²) >= 11 is 1.76. The number of nitrogens with zero attached hydrogens (tertiary/aromatic N) is 4. The number of piperidine rings is 2. The van der Waals surface area contributed by atoms with Gasteiger partial charge in [-0.3, -0.25) is 9.89 Å². The molecule has 0 aromatic carbocycles. The molecule has 2 aliphatic rings. The molecule has 2 saturated heterocycles. The molecule has 0 unspecified atom stereocenters. The molecule has 3 rings (SSSR count). The quantitative estimate of drug-likeness (QED) is 0.632. The first-order valence-corrected chi connectivity index (χ1v) is 10.9. The van der Waals surface area contributed by atoms with Crippen molar-refractivity contribution in [2.24, 2.45) is 4.99 Å². The lowest BCUT2D eigenvalue weighted by Crippen LogP contribution is -2.62. The van der Waals surface area contributed by atoms with Gasteiger partial charge in [-0.2, -0.15) is 11.3 Å². The van der Waals surface area contributed by atoms with Gasteiger partial charge < -0.3 is 15.1 Å². The Hall–Kier alpha value is -1.11. The van der Waals surface area contributed by atoms with E-state index in [1.54, 1.807) is 11.3 Å². The Kier molecular flexibility index (Phi) is 6.95. The van der Waals surface area contributed by atoms with Crippen molar-refractivity contribution in [3.63, 3.8) is 0 Å². The highest BCUT2D eigenvalue weighted by Gasteiger charge is 2.39. The second-order valence-electron chi connectivity index (χ2n) is 7.96. The molecule has 6 heteroatoms. The van der Waals surface area contributed by atoms with Gasteiger partial charge in [0.2, 0.25) is 0 Å². The van der Waals surface area contributed by atoms with Gasteiger partial charge in [-0.1, -0.05) is 6.42 Å². The van der Waals surface area contributed by atoms with Gasteiger partial charge in [0.05, 0.1) is 0 Å². The Bertz CT molecular complexity index is 557. The first-order chi connectivity index (χ1) is 12.6. The molecule has 26 heavy (non-hydrogen) atoms. The van der Waals surface area contributed by atoms with Crippen LogP contribution in [0.15, 0.2) is 21.8 Å². The van der Waals surface area contributed by atoms with Gasteiger partial charge in [0, 0.05) is 32.7 Å². The molecule has 2 fully saturated rings. The molecule has 5 nitrogen and oxygen atoms in total. The predicted octanol–water partition coefficient (Wildman–Crippen LogP) is 2.71. The molecule has 1 N–H and O–H groups in total. The fraction of sp³-hybridized carbons (Fsp3) is 0.750. The number of rotatable bonds is 5. The maximum atomic E-state index is 4.55. The molecular formula is C20H35N5S. The first-order valence-electron chi connectivity index (χ1n) is 9.99. The molecule has 0 atom stereocenters. The standard InChI is InChI=1S/C20H35N5S/c1-21-19(24(3)15-18-7-14-26-16-18)22-17-20(8-12-23(2)13-9-20)25-10-5-4-6-11-25/h7,14,16H,4-6,8-13,15,17H2,1-3H3,(H,21,22). The summed E-state index contributed by atoms with van der Waals surface area (Å²) in [6.07, 6.45) is 6.60. The summed E-state index contributed by atoms with van der Waals surface area (Å²) in [6, 6.07) is 2.20. The summed E-state index contributed by atoms with van der Waals surface area (Å²) in [5.74, 6) is 1.01. The van der Waals surface area contributed by atoms with Crippen LogP contribution < -0.4 is 5.32 Å². The van der Waals surface area contributed by atoms with E-state index in [4.69, 9.17) is 0 Å². The highest BCUT2D eigenvalue weighted by Crippen LogP contribution is 2.31. The summed E-state index contributed by atoms with van der Waals surface area (Å²) < 4.78 is 0. The minimum Gasteiger partial charge on any atom is -0.354 e. The van der Waals surface area contributed by atoms with E-state index in [0.717, 1.165) is 19.0 Å². The van der Waals surface area contributed by atoms with Crippen molar-refractivity contribution < 1.29 is 0 Å². The van der Waals surface area contributed by atoms with Crippen LogP contribution in [0.25, 0.3) is 0 Å². The van der Waals surface area contributed by atoms with Gasteiger partial charge in [-0.05, 0) is 81.3 Å². The highest BCUT2D eigenvalue weighted by atomic mass is 32.1. The lowest BCUT2D eigenvalue weighted by Gasteiger charge is -2.50. The zero-order valence-electron chi connectivity index (χ0n) is 16.7. The molecule has 3 heterocycles. The number of thiophene rings is 1. The van der Waals surface area contributed by atoms with Crippen LogP contribution in [0.4, 0.5) is 0 Å². The van der Waals surface area contributed by atoms with Gasteiger partial charge in [0.15, 0.2) is 5.96 Å². The smallest absolute Gasteiger partial charge is 0.193 e. The molecule has 0 saturated carbocycles. The van der Waals surface area contributed by atoms with Crippen molar-refractivity contribution in [3.05, 3.63) is 22.4 Å². The highest BCUT2D eigenvalue weighted by molar-refractivity contribution is 7.07. The molecule has 2 aliphatic heterocycles. The fourth-order valence-corrected chi connectivity index (χ4v) is 5.03. The lowest BCUT2D eigenvalue weighted by atomic mass is 9.84. The molecule has 0 radical (unpaired) electrons. The van der Waals surface area contributed by atoms with Crippen LogP contribution in [-0.4, -0.2) is 80.1 Å². The number of hydrogen-bond donors (Lipinski definition) is 1. The average Bonchev–Trinajstić information content (AvgIpc) is 3.18. The number of hydrogen-bond acceptors (Lipinski definition) is 4. The van der Waals surface area contributed by atoms with Crippen LogP contribution in [0.1, 0.15) is 37.7 Å². The Morgan fingerprint density at radius 1 is 1.23 bits per heavy atom. The van der Waals surface area contributed by atoms with Gasteiger partial charge in [0.1, 0.15) is 0 Å². The number of likely N-dealkylation sites (tertiary alicyclic amines) is 2. The topological polar surface area (TPSA) is 34.1 Å². The van der Waals surface area contributed by atoms with Crippen LogP contribution in [-0.2, 0) is 6.54 Å². The largest absolute Gasteiger partial charge is 0.354 e. The second kappa shape index (κ2) is 9.20. The van der Waals surface area contributed by atoms with Crippen molar-refractivity contribution in [3.8, 4) is 0 Å². The van der Waals surface area contributed by atoms with Crippen molar-refractivity contribution >= 4 is 17.3 Å². The van der Waals surface area contributed by atoms with E-state index in [9.17, 15) is 0 Å². The molecule has 1 aromatic rings. The minimum absolute atomic E-state index is 0.284. The number of nitrogens with one attached hydrogen (secondary N) is 1. The normalized spacial score (nSPS) is 22.3. The molecule has 1 aromatic heterocycles. The van der Waals surface area contributed by atoms with Crippen molar-refractivity contribution in [1.29, 1.82) is 0 Å². The Labute approximate surface area is 163 Å². The molecular weight excluding hydrogens is 342 g/mol. The zero-order valence-corrected chi connectivity index (χ0v) is 17.5. The molecule has 146 valence electrons. The summed E-state index contributed by atoms with van der Waals surface area (Å²) in [5, 5.41) is 8.08. The number of guanidine groups is 1. The van der Waals surface area contributed by atoms with E-state index >= 15 is 0 Å². The predicted molar refractivity (Wildman–Crippen MR) is 112 cm³/mol. The van der Waals surface area contributed by atoms with Crippen LogP contribution in [0.3, 0.4) is 0 Å². The molecule has 0 spiro atoms. The fourth-order valence-electron chi connectivity index (χ4n) is 4.37. The van der Waals surface area contributed by atoms with E-state index in [0.29, 0.717) is 0 Å². The van der Waals surface area contributed by atoms with E-state index in [2.05, 4.69) is 55.9 Å². The van der Waals surface area contributed by atoms with E-state index in [1.165, 1.54) is 63.8 Å². The van der Waals surface area contributed by atoms with Crippen LogP contribution in [0.5, 0.6) is 0 Å². The maximum absolute atomic E-state index is 4.55. The van der Waals surface area contributed by atoms with Gasteiger partial charge in [-0.25, -0.2) is 0 Å². The Morgan fingerprint density at radius 2 is 1.96 bits per heavy atom. The van der Waals surface area contributed by atoms with Gasteiger partial charge >= 0.3 is 0 Å². The van der Waals surface area contributed by atoms with E-state index < -0.39 is 0 Å². The maximum Gasteiger partial charge on any atom is 0.193 e. The van der Waals surface area contributed by atoms with Crippen molar-refractivity contribution in [2.75, 3.05) is 53.9 Å². The first kappa shape index (κ1) is 19.6. The van der Waals surface area contributed by atoms with Crippen molar-refractivity contribution in [1.82, 2.24) is 20.0 Å². The summed E-state index contributed by atoms with van der Waals surface area (Å²) in [4.78, 5) is 12.0. The number of aliphatic imine (C=N–C) groups is 1. The summed E-state index contributed by atoms with van der Waals surface area (Å²) in [5.41, 5.74) is 1.64. The van der Waals surface area contributed by atoms with Crippen LogP contribution >= 0.6 is 11.3 Å². The monoisotopic (exact) mass is 377 g/mol. The van der Waals surface area contributed by atoms with Crippen LogP contribution in [0.2, 0.25) is 0 Å². The van der Waals surface area contributed by atoms with Gasteiger partial charge in [0.25, 0.3) is 0 Å². The van der Waals surface area contributed by atoms with Crippen molar-refractivity contribution in [2.45, 2.75) is 44.2 Å². The zero-order chi connectivity index (χ0) is 18.4. The Morgan fingerprint density at radius 3 is 2.58 bits per heavy atom.